The Bertz CT molecular complexity index is 328. The van der Waals surface area contributed by atoms with Crippen molar-refractivity contribution in [3.63, 3.8) is 0 Å². The van der Waals surface area contributed by atoms with Gasteiger partial charge < -0.3 is 4.74 Å². The number of halogens is 2. The van der Waals surface area contributed by atoms with Crippen LogP contribution in [0, 0.1) is 5.82 Å². The van der Waals surface area contributed by atoms with Crippen LogP contribution in [0.4, 0.5) is 4.39 Å². The van der Waals surface area contributed by atoms with Crippen LogP contribution in [-0.4, -0.2) is 11.9 Å². The number of rotatable bonds is 6. The molecule has 1 aromatic rings. The van der Waals surface area contributed by atoms with Crippen molar-refractivity contribution >= 4 is 15.9 Å². The van der Waals surface area contributed by atoms with Crippen LogP contribution in [0.1, 0.15) is 38.2 Å². The molecule has 1 atom stereocenters. The molecule has 0 amide bonds. The van der Waals surface area contributed by atoms with Gasteiger partial charge in [0.05, 0.1) is 6.61 Å². The third-order valence-corrected chi connectivity index (χ3v) is 2.96. The van der Waals surface area contributed by atoms with Gasteiger partial charge in [0.25, 0.3) is 0 Å². The molecule has 0 radical (unpaired) electrons. The third kappa shape index (κ3) is 3.78. The topological polar surface area (TPSA) is 9.23 Å². The third-order valence-electron chi connectivity index (χ3n) is 2.51. The standard InChI is InChI=1S/C13H18BrFO/c1-3-8-16-13-5-4-11(15)9-12(13)10(2)6-7-14/h4-5,9-10H,3,6-8H2,1-2H3. The van der Waals surface area contributed by atoms with Crippen LogP contribution in [0.2, 0.25) is 0 Å². The molecule has 0 saturated carbocycles. The lowest BCUT2D eigenvalue weighted by Crippen LogP contribution is -2.03. The van der Waals surface area contributed by atoms with Crippen LogP contribution in [0.15, 0.2) is 18.2 Å². The summed E-state index contributed by atoms with van der Waals surface area (Å²) in [6.45, 7) is 4.83. The van der Waals surface area contributed by atoms with Crippen LogP contribution >= 0.6 is 15.9 Å². The van der Waals surface area contributed by atoms with Gasteiger partial charge >= 0.3 is 0 Å². The van der Waals surface area contributed by atoms with Gasteiger partial charge in [-0.3, -0.25) is 0 Å². The molecule has 1 nitrogen and oxygen atoms in total. The number of hydrogen-bond acceptors (Lipinski definition) is 1. The van der Waals surface area contributed by atoms with Crippen molar-refractivity contribution in [2.45, 2.75) is 32.6 Å². The quantitative estimate of drug-likeness (QED) is 0.700. The summed E-state index contributed by atoms with van der Waals surface area (Å²) in [7, 11) is 0. The molecule has 0 aliphatic heterocycles. The van der Waals surface area contributed by atoms with Gasteiger partial charge in [0.15, 0.2) is 0 Å². The van der Waals surface area contributed by atoms with Crippen molar-refractivity contribution in [3.8, 4) is 5.75 Å². The zero-order valence-corrected chi connectivity index (χ0v) is 11.4. The van der Waals surface area contributed by atoms with Crippen LogP contribution < -0.4 is 4.74 Å². The molecule has 0 spiro atoms. The first-order valence-electron chi connectivity index (χ1n) is 5.67. The van der Waals surface area contributed by atoms with E-state index in [1.165, 1.54) is 6.07 Å². The van der Waals surface area contributed by atoms with E-state index < -0.39 is 0 Å². The second-order valence-corrected chi connectivity index (χ2v) is 4.70. The van der Waals surface area contributed by atoms with Gasteiger partial charge in [-0.2, -0.15) is 0 Å². The number of benzene rings is 1. The number of alkyl halides is 1. The second-order valence-electron chi connectivity index (χ2n) is 3.91. The lowest BCUT2D eigenvalue weighted by Gasteiger charge is -2.16. The summed E-state index contributed by atoms with van der Waals surface area (Å²) in [4.78, 5) is 0. The summed E-state index contributed by atoms with van der Waals surface area (Å²) in [6, 6.07) is 4.76. The van der Waals surface area contributed by atoms with Gasteiger partial charge in [0.2, 0.25) is 0 Å². The fourth-order valence-corrected chi connectivity index (χ4v) is 2.25. The van der Waals surface area contributed by atoms with Crippen molar-refractivity contribution < 1.29 is 9.13 Å². The van der Waals surface area contributed by atoms with E-state index in [0.29, 0.717) is 12.5 Å². The maximum Gasteiger partial charge on any atom is 0.123 e. The molecule has 0 N–H and O–H groups in total. The molecule has 0 aliphatic carbocycles. The van der Waals surface area contributed by atoms with Crippen LogP contribution in [0.3, 0.4) is 0 Å². The first-order chi connectivity index (χ1) is 7.69. The van der Waals surface area contributed by atoms with Gasteiger partial charge in [0, 0.05) is 5.33 Å². The Morgan fingerprint density at radius 3 is 2.81 bits per heavy atom. The first-order valence-corrected chi connectivity index (χ1v) is 6.79. The Kier molecular flexibility index (Phi) is 5.81. The molecule has 16 heavy (non-hydrogen) atoms. The second kappa shape index (κ2) is 6.89. The highest BCUT2D eigenvalue weighted by Crippen LogP contribution is 2.30. The molecule has 0 saturated heterocycles. The average molecular weight is 289 g/mol. The number of hydrogen-bond donors (Lipinski definition) is 0. The monoisotopic (exact) mass is 288 g/mol. The van der Waals surface area contributed by atoms with E-state index in [9.17, 15) is 4.39 Å². The van der Waals surface area contributed by atoms with E-state index >= 15 is 0 Å². The lowest BCUT2D eigenvalue weighted by atomic mass is 9.97. The molecule has 0 fully saturated rings. The molecule has 90 valence electrons. The zero-order valence-electron chi connectivity index (χ0n) is 9.80. The summed E-state index contributed by atoms with van der Waals surface area (Å²) in [5, 5.41) is 0.915. The van der Waals surface area contributed by atoms with Gasteiger partial charge in [-0.15, -0.1) is 0 Å². The minimum absolute atomic E-state index is 0.194. The minimum Gasteiger partial charge on any atom is -0.493 e. The van der Waals surface area contributed by atoms with Gasteiger partial charge in [-0.05, 0) is 42.5 Å². The van der Waals surface area contributed by atoms with E-state index in [1.54, 1.807) is 12.1 Å². The van der Waals surface area contributed by atoms with Crippen molar-refractivity contribution in [3.05, 3.63) is 29.6 Å². The van der Waals surface area contributed by atoms with Crippen molar-refractivity contribution in [1.82, 2.24) is 0 Å². The fourth-order valence-electron chi connectivity index (χ4n) is 1.57. The molecular formula is C13H18BrFO. The lowest BCUT2D eigenvalue weighted by molar-refractivity contribution is 0.311. The predicted octanol–water partition coefficient (Wildman–Crippen LogP) is 4.50. The molecule has 0 aliphatic rings. The summed E-state index contributed by atoms with van der Waals surface area (Å²) in [5.41, 5.74) is 0.966. The first kappa shape index (κ1) is 13.5. The molecule has 3 heteroatoms. The maximum absolute atomic E-state index is 13.2. The molecule has 1 unspecified atom stereocenters. The van der Waals surface area contributed by atoms with Crippen LogP contribution in [0.25, 0.3) is 0 Å². The molecule has 0 heterocycles. The van der Waals surface area contributed by atoms with Crippen molar-refractivity contribution in [1.29, 1.82) is 0 Å². The maximum atomic E-state index is 13.2. The molecule has 0 bridgehead atoms. The normalized spacial score (nSPS) is 12.5. The highest BCUT2D eigenvalue weighted by atomic mass is 79.9. The smallest absolute Gasteiger partial charge is 0.123 e. The summed E-state index contributed by atoms with van der Waals surface area (Å²) >= 11 is 3.41. The molecular weight excluding hydrogens is 271 g/mol. The van der Waals surface area contributed by atoms with Gasteiger partial charge in [-0.1, -0.05) is 29.8 Å². The van der Waals surface area contributed by atoms with Crippen LogP contribution in [-0.2, 0) is 0 Å². The Balaban J connectivity index is 2.88. The molecule has 0 aromatic heterocycles. The SMILES string of the molecule is CCCOc1ccc(F)cc1C(C)CCBr. The molecule has 1 rings (SSSR count). The minimum atomic E-state index is -0.194. The van der Waals surface area contributed by atoms with Gasteiger partial charge in [-0.25, -0.2) is 4.39 Å². The average Bonchev–Trinajstić information content (AvgIpc) is 2.27. The van der Waals surface area contributed by atoms with E-state index in [2.05, 4.69) is 29.8 Å². The zero-order chi connectivity index (χ0) is 12.0. The van der Waals surface area contributed by atoms with Gasteiger partial charge in [0.1, 0.15) is 11.6 Å². The molecule has 1 aromatic carbocycles. The Morgan fingerprint density at radius 2 is 2.19 bits per heavy atom. The summed E-state index contributed by atoms with van der Waals surface area (Å²) < 4.78 is 18.8. The van der Waals surface area contributed by atoms with E-state index in [0.717, 1.165) is 29.5 Å². The van der Waals surface area contributed by atoms with E-state index in [4.69, 9.17) is 4.74 Å². The van der Waals surface area contributed by atoms with E-state index in [1.807, 2.05) is 0 Å². The Hall–Kier alpha value is -0.570. The largest absolute Gasteiger partial charge is 0.493 e. The highest BCUT2D eigenvalue weighted by Gasteiger charge is 2.12. The van der Waals surface area contributed by atoms with E-state index in [-0.39, 0.29) is 5.82 Å². The van der Waals surface area contributed by atoms with Crippen molar-refractivity contribution in [2.24, 2.45) is 0 Å². The van der Waals surface area contributed by atoms with Crippen molar-refractivity contribution in [2.75, 3.05) is 11.9 Å². The highest BCUT2D eigenvalue weighted by molar-refractivity contribution is 9.09. The summed E-state index contributed by atoms with van der Waals surface area (Å²) in [5.74, 6) is 0.930. The predicted molar refractivity (Wildman–Crippen MR) is 69.0 cm³/mol. The number of ether oxygens (including phenoxy) is 1. The van der Waals surface area contributed by atoms with Crippen LogP contribution in [0.5, 0.6) is 5.75 Å². The Labute approximate surface area is 105 Å². The Morgan fingerprint density at radius 1 is 1.44 bits per heavy atom. The summed E-state index contributed by atoms with van der Waals surface area (Å²) in [6.07, 6.45) is 1.94. The fraction of sp³-hybridized carbons (Fsp3) is 0.538.